The van der Waals surface area contributed by atoms with Gasteiger partial charge in [0.1, 0.15) is 24.6 Å². The number of imidazole rings is 1. The summed E-state index contributed by atoms with van der Waals surface area (Å²) in [4.78, 5) is 12.3. The monoisotopic (exact) mass is 296 g/mol. The Labute approximate surface area is 119 Å². The molecule has 1 aliphatic heterocycles. The summed E-state index contributed by atoms with van der Waals surface area (Å²) in [6.45, 7) is -0.396. The number of anilines is 1. The van der Waals surface area contributed by atoms with Crippen molar-refractivity contribution < 1.29 is 20.1 Å². The second kappa shape index (κ2) is 5.16. The van der Waals surface area contributed by atoms with Gasteiger partial charge in [0.15, 0.2) is 23.2 Å². The first-order chi connectivity index (χ1) is 10.0. The quantitative estimate of drug-likeness (QED) is 0.364. The third-order valence-corrected chi connectivity index (χ3v) is 3.46. The summed E-state index contributed by atoms with van der Waals surface area (Å²) >= 11 is 0. The van der Waals surface area contributed by atoms with Crippen molar-refractivity contribution in [2.45, 2.75) is 24.5 Å². The largest absolute Gasteiger partial charge is 0.394 e. The van der Waals surface area contributed by atoms with Gasteiger partial charge in [0, 0.05) is 7.05 Å². The maximum Gasteiger partial charge on any atom is 0.174 e. The summed E-state index contributed by atoms with van der Waals surface area (Å²) in [6, 6.07) is 0. The van der Waals surface area contributed by atoms with Gasteiger partial charge in [-0.2, -0.15) is 0 Å². The second-order valence-corrected chi connectivity index (χ2v) is 4.86. The third kappa shape index (κ3) is 2.13. The number of aliphatic hydroxyl groups is 3. The maximum absolute atomic E-state index is 10.1. The number of hydrogen-bond donors (Lipinski definition) is 4. The SMILES string of the molecule is CN(N)c1ncnc2c1ncn2[C@@H]1O[C@H](CO)C(O)C1O. The van der Waals surface area contributed by atoms with Crippen LogP contribution in [-0.2, 0) is 4.74 Å². The van der Waals surface area contributed by atoms with Gasteiger partial charge in [-0.05, 0) is 0 Å². The van der Waals surface area contributed by atoms with E-state index in [1.165, 1.54) is 22.2 Å². The topological polar surface area (TPSA) is 143 Å². The lowest BCUT2D eigenvalue weighted by Gasteiger charge is -2.17. The molecule has 10 nitrogen and oxygen atoms in total. The van der Waals surface area contributed by atoms with Crippen LogP contribution in [0.4, 0.5) is 5.82 Å². The highest BCUT2D eigenvalue weighted by molar-refractivity contribution is 5.82. The molecule has 1 fully saturated rings. The summed E-state index contributed by atoms with van der Waals surface area (Å²) in [5.41, 5.74) is 0.854. The average molecular weight is 296 g/mol. The molecular weight excluding hydrogens is 280 g/mol. The molecule has 0 radical (unpaired) electrons. The molecule has 0 aliphatic carbocycles. The normalized spacial score (nSPS) is 29.2. The molecule has 3 rings (SSSR count). The smallest absolute Gasteiger partial charge is 0.174 e. The molecular formula is C11H16N6O4. The molecule has 1 saturated heterocycles. The van der Waals surface area contributed by atoms with Crippen molar-refractivity contribution in [3.8, 4) is 0 Å². The molecule has 114 valence electrons. The number of hydrogen-bond acceptors (Lipinski definition) is 9. The van der Waals surface area contributed by atoms with Crippen LogP contribution in [-0.4, -0.2) is 66.8 Å². The fourth-order valence-electron chi connectivity index (χ4n) is 2.39. The van der Waals surface area contributed by atoms with E-state index in [-0.39, 0.29) is 0 Å². The first kappa shape index (κ1) is 14.1. The fourth-order valence-corrected chi connectivity index (χ4v) is 2.39. The number of hydrazine groups is 1. The molecule has 2 aromatic heterocycles. The minimum Gasteiger partial charge on any atom is -0.394 e. The Morgan fingerprint density at radius 1 is 1.33 bits per heavy atom. The molecule has 0 aromatic carbocycles. The number of fused-ring (bicyclic) bond motifs is 1. The number of nitrogens with zero attached hydrogens (tertiary/aromatic N) is 5. The van der Waals surface area contributed by atoms with E-state index >= 15 is 0 Å². The van der Waals surface area contributed by atoms with E-state index in [0.29, 0.717) is 17.0 Å². The van der Waals surface area contributed by atoms with Gasteiger partial charge < -0.3 is 20.1 Å². The molecule has 0 amide bonds. The molecule has 0 spiro atoms. The summed E-state index contributed by atoms with van der Waals surface area (Å²) in [6.07, 6.45) is -1.40. The maximum atomic E-state index is 10.1. The lowest BCUT2D eigenvalue weighted by atomic mass is 10.1. The van der Waals surface area contributed by atoms with Gasteiger partial charge in [-0.15, -0.1) is 0 Å². The molecule has 0 saturated carbocycles. The van der Waals surface area contributed by atoms with Crippen molar-refractivity contribution in [2.75, 3.05) is 18.7 Å². The van der Waals surface area contributed by atoms with Crippen LogP contribution in [0, 0.1) is 0 Å². The first-order valence-electron chi connectivity index (χ1n) is 6.33. The molecule has 4 atom stereocenters. The fraction of sp³-hybridized carbons (Fsp3) is 0.545. The average Bonchev–Trinajstić information content (AvgIpc) is 3.01. The molecule has 3 heterocycles. The lowest BCUT2D eigenvalue weighted by Crippen LogP contribution is -2.33. The molecule has 10 heteroatoms. The van der Waals surface area contributed by atoms with Crippen LogP contribution in [0.25, 0.3) is 11.2 Å². The van der Waals surface area contributed by atoms with Gasteiger partial charge in [-0.25, -0.2) is 20.8 Å². The predicted octanol–water partition coefficient (Wildman–Crippen LogP) is -2.25. The van der Waals surface area contributed by atoms with E-state index in [9.17, 15) is 10.2 Å². The van der Waals surface area contributed by atoms with Crippen LogP contribution in [0.2, 0.25) is 0 Å². The molecule has 5 N–H and O–H groups in total. The standard InChI is InChI=1S/C11H16N6O4/c1-16(12)9-6-10(14-3-13-9)17(4-15-6)11-8(20)7(19)5(2-18)21-11/h3-5,7-8,11,18-20H,2,12H2,1H3/t5-,7?,8?,11-/m1/s1. The van der Waals surface area contributed by atoms with Crippen molar-refractivity contribution in [1.29, 1.82) is 0 Å². The molecule has 0 bridgehead atoms. The van der Waals surface area contributed by atoms with Gasteiger partial charge >= 0.3 is 0 Å². The number of ether oxygens (including phenoxy) is 1. The molecule has 21 heavy (non-hydrogen) atoms. The first-order valence-corrected chi connectivity index (χ1v) is 6.33. The Morgan fingerprint density at radius 3 is 2.71 bits per heavy atom. The Bertz CT molecular complexity index is 647. The van der Waals surface area contributed by atoms with Gasteiger partial charge in [-0.3, -0.25) is 9.58 Å². The van der Waals surface area contributed by atoms with Crippen molar-refractivity contribution >= 4 is 17.0 Å². The predicted molar refractivity (Wildman–Crippen MR) is 70.9 cm³/mol. The van der Waals surface area contributed by atoms with Gasteiger partial charge in [-0.1, -0.05) is 0 Å². The summed E-state index contributed by atoms with van der Waals surface area (Å²) in [5.74, 6) is 6.10. The molecule has 2 unspecified atom stereocenters. The molecule has 2 aromatic rings. The van der Waals surface area contributed by atoms with Crippen molar-refractivity contribution in [2.24, 2.45) is 5.84 Å². The number of aromatic nitrogens is 4. The Hall–Kier alpha value is -1.85. The zero-order chi connectivity index (χ0) is 15.1. The summed E-state index contributed by atoms with van der Waals surface area (Å²) < 4.78 is 6.94. The van der Waals surface area contributed by atoms with Crippen LogP contribution in [0.1, 0.15) is 6.23 Å². The van der Waals surface area contributed by atoms with E-state index in [4.69, 9.17) is 15.7 Å². The minimum atomic E-state index is -1.20. The van der Waals surface area contributed by atoms with E-state index < -0.39 is 31.1 Å². The van der Waals surface area contributed by atoms with Crippen LogP contribution < -0.4 is 10.9 Å². The van der Waals surface area contributed by atoms with Crippen LogP contribution in [0.5, 0.6) is 0 Å². The van der Waals surface area contributed by atoms with Crippen molar-refractivity contribution in [3.05, 3.63) is 12.7 Å². The Kier molecular flexibility index (Phi) is 3.47. The number of nitrogens with two attached hydrogens (primary N) is 1. The molecule has 1 aliphatic rings. The van der Waals surface area contributed by atoms with E-state index in [1.807, 2.05) is 0 Å². The highest BCUT2D eigenvalue weighted by Gasteiger charge is 2.44. The zero-order valence-electron chi connectivity index (χ0n) is 11.2. The highest BCUT2D eigenvalue weighted by atomic mass is 16.6. The van der Waals surface area contributed by atoms with Gasteiger partial charge in [0.05, 0.1) is 12.9 Å². The zero-order valence-corrected chi connectivity index (χ0v) is 11.2. The number of rotatable bonds is 3. The number of aliphatic hydroxyl groups excluding tert-OH is 3. The van der Waals surface area contributed by atoms with E-state index in [2.05, 4.69) is 15.0 Å². The highest BCUT2D eigenvalue weighted by Crippen LogP contribution is 2.32. The van der Waals surface area contributed by atoms with Gasteiger partial charge in [0.25, 0.3) is 0 Å². The Morgan fingerprint density at radius 2 is 2.10 bits per heavy atom. The third-order valence-electron chi connectivity index (χ3n) is 3.46. The van der Waals surface area contributed by atoms with Crippen molar-refractivity contribution in [1.82, 2.24) is 19.5 Å². The lowest BCUT2D eigenvalue weighted by molar-refractivity contribution is -0.0511. The van der Waals surface area contributed by atoms with Gasteiger partial charge in [0.2, 0.25) is 0 Å². The minimum absolute atomic E-state index is 0.396. The van der Waals surface area contributed by atoms with Crippen LogP contribution in [0.15, 0.2) is 12.7 Å². The van der Waals surface area contributed by atoms with E-state index in [0.717, 1.165) is 0 Å². The van der Waals surface area contributed by atoms with Crippen molar-refractivity contribution in [3.63, 3.8) is 0 Å². The second-order valence-electron chi connectivity index (χ2n) is 4.86. The Balaban J connectivity index is 2.04. The van der Waals surface area contributed by atoms with Crippen LogP contribution >= 0.6 is 0 Å². The summed E-state index contributed by atoms with van der Waals surface area (Å²) in [7, 11) is 1.62. The van der Waals surface area contributed by atoms with E-state index in [1.54, 1.807) is 7.05 Å². The summed E-state index contributed by atoms with van der Waals surface area (Å²) in [5, 5.41) is 30.3. The van der Waals surface area contributed by atoms with Crippen LogP contribution in [0.3, 0.4) is 0 Å².